The van der Waals surface area contributed by atoms with Gasteiger partial charge in [0, 0.05) is 0 Å². The van der Waals surface area contributed by atoms with Crippen molar-refractivity contribution in [2.75, 3.05) is 0 Å². The largest absolute Gasteiger partial charge is 0.489 e. The molecule has 28 heavy (non-hydrogen) atoms. The molecule has 1 aromatic heterocycles. The number of nitrogens with zero attached hydrogens (tertiary/aromatic N) is 1. The van der Waals surface area contributed by atoms with Gasteiger partial charge in [-0.2, -0.15) is 0 Å². The molecule has 0 saturated heterocycles. The number of hydrogen-bond acceptors (Lipinski definition) is 2. The monoisotopic (exact) mass is 368 g/mol. The molecule has 0 aliphatic rings. The van der Waals surface area contributed by atoms with E-state index in [2.05, 4.69) is 11.7 Å². The van der Waals surface area contributed by atoms with Crippen molar-refractivity contribution in [2.24, 2.45) is 0 Å². The van der Waals surface area contributed by atoms with Crippen LogP contribution in [0.1, 0.15) is 11.1 Å². The predicted molar refractivity (Wildman–Crippen MR) is 112 cm³/mol. The van der Waals surface area contributed by atoms with Crippen molar-refractivity contribution >= 4 is 12.7 Å². The van der Waals surface area contributed by atoms with Crippen LogP contribution in [-0.4, -0.2) is 9.78 Å². The zero-order valence-corrected chi connectivity index (χ0v) is 15.3. The number of hydrogen-bond donors (Lipinski definition) is 1. The molecule has 0 unspecified atom stereocenters. The van der Waals surface area contributed by atoms with Crippen LogP contribution in [0, 0.1) is 0 Å². The Hall–Kier alpha value is -3.79. The summed E-state index contributed by atoms with van der Waals surface area (Å²) in [7, 11) is 0. The van der Waals surface area contributed by atoms with Crippen LogP contribution in [0.3, 0.4) is 0 Å². The second-order valence-electron chi connectivity index (χ2n) is 6.47. The first-order chi connectivity index (χ1) is 13.7. The highest BCUT2D eigenvalue weighted by Gasteiger charge is 2.04. The quantitative estimate of drug-likeness (QED) is 0.589. The van der Waals surface area contributed by atoms with Crippen LogP contribution in [0.15, 0.2) is 89.7 Å². The summed E-state index contributed by atoms with van der Waals surface area (Å²) >= 11 is 0. The minimum absolute atomic E-state index is 0.124. The molecule has 3 aromatic carbocycles. The molecule has 1 N–H and O–H groups in total. The zero-order valence-electron chi connectivity index (χ0n) is 15.3. The third-order valence-corrected chi connectivity index (χ3v) is 4.46. The summed E-state index contributed by atoms with van der Waals surface area (Å²) in [5.41, 5.74) is 2.68. The van der Waals surface area contributed by atoms with Gasteiger partial charge in [-0.15, -0.1) is 0 Å². The molecule has 0 saturated carbocycles. The van der Waals surface area contributed by atoms with E-state index in [1.807, 2.05) is 91.0 Å². The molecule has 0 aliphatic heterocycles. The Morgan fingerprint density at radius 1 is 0.893 bits per heavy atom. The lowest BCUT2D eigenvalue weighted by Gasteiger charge is -2.06. The van der Waals surface area contributed by atoms with E-state index in [9.17, 15) is 4.79 Å². The van der Waals surface area contributed by atoms with Crippen LogP contribution < -0.4 is 20.9 Å². The molecule has 0 radical (unpaired) electrons. The second kappa shape index (κ2) is 7.84. The van der Waals surface area contributed by atoms with Gasteiger partial charge in [0.1, 0.15) is 12.4 Å². The Morgan fingerprint density at radius 2 is 1.54 bits per heavy atom. The SMILES string of the molecule is C=c1[nH]n(-c2ccccc2)c(=O)c1=Cc1ccc(OCc2ccccc2)cc1. The van der Waals surface area contributed by atoms with Gasteiger partial charge in [0.2, 0.25) is 0 Å². The average molecular weight is 368 g/mol. The maximum Gasteiger partial charge on any atom is 0.279 e. The molecule has 0 spiro atoms. The van der Waals surface area contributed by atoms with E-state index in [1.54, 1.807) is 0 Å². The van der Waals surface area contributed by atoms with Gasteiger partial charge in [-0.1, -0.05) is 67.2 Å². The van der Waals surface area contributed by atoms with E-state index in [4.69, 9.17) is 4.74 Å². The number of rotatable bonds is 5. The minimum atomic E-state index is -0.124. The summed E-state index contributed by atoms with van der Waals surface area (Å²) in [6, 6.07) is 27.1. The Morgan fingerprint density at radius 3 is 2.21 bits per heavy atom. The van der Waals surface area contributed by atoms with Gasteiger partial charge in [-0.3, -0.25) is 9.89 Å². The highest BCUT2D eigenvalue weighted by atomic mass is 16.5. The lowest BCUT2D eigenvalue weighted by Crippen LogP contribution is -2.33. The van der Waals surface area contributed by atoms with Crippen LogP contribution in [0.4, 0.5) is 0 Å². The van der Waals surface area contributed by atoms with Gasteiger partial charge in [-0.05, 0) is 41.5 Å². The zero-order chi connectivity index (χ0) is 19.3. The lowest BCUT2D eigenvalue weighted by atomic mass is 10.2. The Kier molecular flexibility index (Phi) is 4.93. The van der Waals surface area contributed by atoms with E-state index in [-0.39, 0.29) is 5.56 Å². The normalized spacial score (nSPS) is 11.5. The topological polar surface area (TPSA) is 47.0 Å². The maximum atomic E-state index is 12.8. The Bertz CT molecular complexity index is 1220. The number of ether oxygens (including phenoxy) is 1. The van der Waals surface area contributed by atoms with Crippen LogP contribution in [0.5, 0.6) is 5.75 Å². The third kappa shape index (κ3) is 3.81. The first-order valence-corrected chi connectivity index (χ1v) is 9.04. The van der Waals surface area contributed by atoms with E-state index >= 15 is 0 Å². The molecule has 4 nitrogen and oxygen atoms in total. The van der Waals surface area contributed by atoms with Gasteiger partial charge in [0.05, 0.1) is 16.3 Å². The van der Waals surface area contributed by atoms with Gasteiger partial charge in [0.25, 0.3) is 5.56 Å². The molecule has 0 bridgehead atoms. The fourth-order valence-electron chi connectivity index (χ4n) is 2.97. The van der Waals surface area contributed by atoms with E-state index < -0.39 is 0 Å². The number of H-pyrrole nitrogens is 1. The number of benzene rings is 3. The Balaban J connectivity index is 1.57. The predicted octanol–water partition coefficient (Wildman–Crippen LogP) is 2.98. The van der Waals surface area contributed by atoms with Crippen LogP contribution in [0.2, 0.25) is 0 Å². The molecular formula is C24H20N2O2. The summed E-state index contributed by atoms with van der Waals surface area (Å²) in [6.45, 7) is 4.49. The minimum Gasteiger partial charge on any atom is -0.489 e. The average Bonchev–Trinajstić information content (AvgIpc) is 3.03. The third-order valence-electron chi connectivity index (χ3n) is 4.46. The lowest BCUT2D eigenvalue weighted by molar-refractivity contribution is 0.306. The smallest absolute Gasteiger partial charge is 0.279 e. The van der Waals surface area contributed by atoms with Crippen molar-refractivity contribution in [2.45, 2.75) is 6.61 Å². The first-order valence-electron chi connectivity index (χ1n) is 9.04. The first kappa shape index (κ1) is 17.6. The number of para-hydroxylation sites is 1. The molecule has 4 aromatic rings. The van der Waals surface area contributed by atoms with Crippen LogP contribution in [-0.2, 0) is 6.61 Å². The molecule has 1 heterocycles. The fraction of sp³-hybridized carbons (Fsp3) is 0.0417. The Labute approximate surface area is 162 Å². The van der Waals surface area contributed by atoms with E-state index in [1.165, 1.54) is 4.68 Å². The highest BCUT2D eigenvalue weighted by Crippen LogP contribution is 2.14. The van der Waals surface area contributed by atoms with Crippen molar-refractivity contribution in [1.29, 1.82) is 0 Å². The summed E-state index contributed by atoms with van der Waals surface area (Å²) < 4.78 is 7.31. The summed E-state index contributed by atoms with van der Waals surface area (Å²) in [6.07, 6.45) is 1.83. The van der Waals surface area contributed by atoms with Crippen molar-refractivity contribution in [1.82, 2.24) is 9.78 Å². The van der Waals surface area contributed by atoms with Crippen molar-refractivity contribution in [3.8, 4) is 11.4 Å². The van der Waals surface area contributed by atoms with E-state index in [0.717, 1.165) is 22.6 Å². The molecule has 4 rings (SSSR count). The molecule has 4 heteroatoms. The van der Waals surface area contributed by atoms with Crippen molar-refractivity contribution in [3.63, 3.8) is 0 Å². The van der Waals surface area contributed by atoms with Gasteiger partial charge in [0.15, 0.2) is 0 Å². The van der Waals surface area contributed by atoms with Gasteiger partial charge < -0.3 is 4.74 Å². The molecular weight excluding hydrogens is 348 g/mol. The molecule has 0 atom stereocenters. The standard InChI is InChI=1S/C24H20N2O2/c1-18-23(24(27)26(25-18)21-10-6-3-7-11-21)16-19-12-14-22(15-13-19)28-17-20-8-4-2-5-9-20/h2-16,25H,1,17H2. The summed E-state index contributed by atoms with van der Waals surface area (Å²) in [4.78, 5) is 12.8. The summed E-state index contributed by atoms with van der Waals surface area (Å²) in [5.74, 6) is 0.784. The second-order valence-corrected chi connectivity index (χ2v) is 6.47. The maximum absolute atomic E-state index is 12.8. The van der Waals surface area contributed by atoms with Gasteiger partial charge >= 0.3 is 0 Å². The number of aromatic amines is 1. The number of aromatic nitrogens is 2. The molecule has 0 fully saturated rings. The fourth-order valence-corrected chi connectivity index (χ4v) is 2.97. The van der Waals surface area contributed by atoms with Gasteiger partial charge in [-0.25, -0.2) is 4.68 Å². The van der Waals surface area contributed by atoms with Crippen LogP contribution in [0.25, 0.3) is 18.3 Å². The molecule has 0 amide bonds. The molecule has 0 aliphatic carbocycles. The number of nitrogens with one attached hydrogen (secondary N) is 1. The highest BCUT2D eigenvalue weighted by molar-refractivity contribution is 5.51. The van der Waals surface area contributed by atoms with E-state index in [0.29, 0.717) is 17.2 Å². The van der Waals surface area contributed by atoms with Crippen LogP contribution >= 0.6 is 0 Å². The van der Waals surface area contributed by atoms with Crippen molar-refractivity contribution < 1.29 is 4.74 Å². The van der Waals surface area contributed by atoms with Crippen molar-refractivity contribution in [3.05, 3.63) is 117 Å². The molecule has 138 valence electrons. The summed E-state index contributed by atoms with van der Waals surface area (Å²) in [5, 5.41) is 4.16.